The van der Waals surface area contributed by atoms with Crippen molar-refractivity contribution in [3.63, 3.8) is 0 Å². The van der Waals surface area contributed by atoms with Crippen molar-refractivity contribution in [1.29, 1.82) is 0 Å². The monoisotopic (exact) mass is 367 g/mol. The maximum absolute atomic E-state index is 12.2. The van der Waals surface area contributed by atoms with Gasteiger partial charge in [-0.2, -0.15) is 5.10 Å². The second-order valence-electron chi connectivity index (χ2n) is 5.85. The number of nitrogens with zero attached hydrogens (tertiary/aromatic N) is 2. The van der Waals surface area contributed by atoms with E-state index >= 15 is 0 Å². The molecule has 1 amide bonds. The number of nitrogens with one attached hydrogen (secondary N) is 1. The van der Waals surface area contributed by atoms with E-state index in [4.69, 9.17) is 0 Å². The number of para-hydroxylation sites is 1. The van der Waals surface area contributed by atoms with Gasteiger partial charge in [-0.1, -0.05) is 53.3 Å². The van der Waals surface area contributed by atoms with Crippen molar-refractivity contribution in [2.45, 2.75) is 20.4 Å². The Kier molecular flexibility index (Phi) is 5.09. The molecule has 0 fully saturated rings. The van der Waals surface area contributed by atoms with Gasteiger partial charge < -0.3 is 0 Å². The first-order valence-electron chi connectivity index (χ1n) is 7.98. The third kappa shape index (κ3) is 3.78. The Hall–Kier alpha value is -3.06. The number of rotatable bonds is 4. The number of fused-ring (bicyclic) bond motifs is 1. The largest absolute Gasteiger partial charge is 0.310 e. The van der Waals surface area contributed by atoms with Crippen LogP contribution < -0.4 is 15.7 Å². The van der Waals surface area contributed by atoms with Crippen LogP contribution >= 0.6 is 11.3 Å². The summed E-state index contributed by atoms with van der Waals surface area (Å²) in [7, 11) is 0. The van der Waals surface area contributed by atoms with E-state index in [9.17, 15) is 14.4 Å². The van der Waals surface area contributed by atoms with Crippen LogP contribution in [0.1, 0.15) is 18.1 Å². The molecule has 0 aliphatic carbocycles. The second-order valence-corrected chi connectivity index (χ2v) is 6.86. The number of hydrogen-bond donors (Lipinski definition) is 1. The molecule has 26 heavy (non-hydrogen) atoms. The van der Waals surface area contributed by atoms with E-state index in [2.05, 4.69) is 10.5 Å². The van der Waals surface area contributed by atoms with Crippen LogP contribution in [-0.2, 0) is 11.3 Å². The van der Waals surface area contributed by atoms with Crippen LogP contribution in [0.25, 0.3) is 10.2 Å². The first kappa shape index (κ1) is 17.8. The van der Waals surface area contributed by atoms with E-state index in [1.165, 1.54) is 4.57 Å². The smallest absolute Gasteiger partial charge is 0.294 e. The topological polar surface area (TPSA) is 80.5 Å². The van der Waals surface area contributed by atoms with Crippen molar-refractivity contribution in [2.75, 3.05) is 0 Å². The van der Waals surface area contributed by atoms with Gasteiger partial charge in [0, 0.05) is 0 Å². The average Bonchev–Trinajstić information content (AvgIpc) is 2.64. The van der Waals surface area contributed by atoms with Gasteiger partial charge in [-0.15, -0.1) is 0 Å². The maximum atomic E-state index is 12.2. The summed E-state index contributed by atoms with van der Waals surface area (Å²) in [6.45, 7) is 3.50. The molecule has 0 saturated carbocycles. The average molecular weight is 367 g/mol. The molecule has 0 spiro atoms. The lowest BCUT2D eigenvalue weighted by molar-refractivity contribution is -0.121. The molecular weight excluding hydrogens is 350 g/mol. The van der Waals surface area contributed by atoms with Gasteiger partial charge in [0.1, 0.15) is 6.54 Å². The summed E-state index contributed by atoms with van der Waals surface area (Å²) in [5, 5.41) is 4.08. The third-order valence-corrected chi connectivity index (χ3v) is 4.82. The van der Waals surface area contributed by atoms with Gasteiger partial charge in [0.05, 0.1) is 15.9 Å². The molecule has 2 aromatic carbocycles. The molecule has 1 aromatic heterocycles. The highest BCUT2D eigenvalue weighted by molar-refractivity contribution is 7.16. The van der Waals surface area contributed by atoms with E-state index in [0.717, 1.165) is 22.5 Å². The molecule has 0 bridgehead atoms. The number of hydrogen-bond acceptors (Lipinski definition) is 5. The molecule has 6 nitrogen and oxygen atoms in total. The van der Waals surface area contributed by atoms with Crippen molar-refractivity contribution in [3.05, 3.63) is 79.5 Å². The summed E-state index contributed by atoms with van der Waals surface area (Å²) >= 11 is 0.878. The van der Waals surface area contributed by atoms with Crippen molar-refractivity contribution in [2.24, 2.45) is 5.10 Å². The Balaban J connectivity index is 1.83. The zero-order valence-corrected chi connectivity index (χ0v) is 15.2. The highest BCUT2D eigenvalue weighted by Gasteiger charge is 2.11. The molecule has 1 heterocycles. The first-order valence-corrected chi connectivity index (χ1v) is 8.80. The van der Waals surface area contributed by atoms with Gasteiger partial charge in [-0.3, -0.25) is 19.0 Å². The fourth-order valence-corrected chi connectivity index (χ4v) is 3.30. The maximum Gasteiger partial charge on any atom is 0.310 e. The highest BCUT2D eigenvalue weighted by Crippen LogP contribution is 2.13. The van der Waals surface area contributed by atoms with Crippen molar-refractivity contribution in [3.8, 4) is 0 Å². The molecule has 0 aliphatic heterocycles. The molecule has 1 N–H and O–H groups in total. The number of aromatic nitrogens is 1. The molecule has 0 atom stereocenters. The third-order valence-electron chi connectivity index (χ3n) is 3.90. The lowest BCUT2D eigenvalue weighted by Gasteiger charge is -2.08. The summed E-state index contributed by atoms with van der Waals surface area (Å²) < 4.78 is 1.24. The van der Waals surface area contributed by atoms with Crippen molar-refractivity contribution in [1.82, 2.24) is 9.99 Å². The Morgan fingerprint density at radius 1 is 1.12 bits per heavy atom. The van der Waals surface area contributed by atoms with Gasteiger partial charge in [-0.05, 0) is 31.5 Å². The van der Waals surface area contributed by atoms with Gasteiger partial charge in [-0.25, -0.2) is 5.43 Å². The van der Waals surface area contributed by atoms with Crippen LogP contribution in [0.3, 0.4) is 0 Å². The fourth-order valence-electron chi connectivity index (χ4n) is 2.47. The van der Waals surface area contributed by atoms with Gasteiger partial charge in [0.25, 0.3) is 10.6 Å². The van der Waals surface area contributed by atoms with Gasteiger partial charge in [0.15, 0.2) is 0 Å². The van der Waals surface area contributed by atoms with Gasteiger partial charge >= 0.3 is 5.56 Å². The molecule has 3 aromatic rings. The zero-order valence-electron chi connectivity index (χ0n) is 14.4. The van der Waals surface area contributed by atoms with Crippen LogP contribution in [0.5, 0.6) is 0 Å². The van der Waals surface area contributed by atoms with Crippen LogP contribution in [-0.4, -0.2) is 16.2 Å². The fraction of sp³-hybridized carbons (Fsp3) is 0.158. The lowest BCUT2D eigenvalue weighted by Crippen LogP contribution is -2.36. The predicted octanol–water partition coefficient (Wildman–Crippen LogP) is 2.27. The number of benzene rings is 2. The molecule has 0 aliphatic rings. The number of aryl methyl sites for hydroxylation is 1. The minimum Gasteiger partial charge on any atom is -0.294 e. The SMILES string of the molecule is C/C(=N\NC(=O)Cn1c(=O)c(=O)sc2ccccc21)c1ccc(C)cc1. The Labute approximate surface area is 153 Å². The summed E-state index contributed by atoms with van der Waals surface area (Å²) in [5.41, 5.74) is 4.97. The normalized spacial score (nSPS) is 11.5. The molecular formula is C19H17N3O3S. The van der Waals surface area contributed by atoms with E-state index in [0.29, 0.717) is 15.9 Å². The Morgan fingerprint density at radius 2 is 1.81 bits per heavy atom. The van der Waals surface area contributed by atoms with E-state index < -0.39 is 16.2 Å². The molecule has 0 saturated heterocycles. The quantitative estimate of drug-likeness (QED) is 0.436. The second kappa shape index (κ2) is 7.45. The first-order chi connectivity index (χ1) is 12.5. The van der Waals surface area contributed by atoms with Crippen molar-refractivity contribution < 1.29 is 4.79 Å². The Bertz CT molecular complexity index is 1110. The number of amides is 1. The van der Waals surface area contributed by atoms with Crippen LogP contribution in [0.4, 0.5) is 0 Å². The Morgan fingerprint density at radius 3 is 2.54 bits per heavy atom. The lowest BCUT2D eigenvalue weighted by atomic mass is 10.1. The van der Waals surface area contributed by atoms with E-state index in [1.807, 2.05) is 31.2 Å². The van der Waals surface area contributed by atoms with Crippen LogP contribution in [0.15, 0.2) is 63.2 Å². The van der Waals surface area contributed by atoms with Crippen LogP contribution in [0, 0.1) is 6.92 Å². The predicted molar refractivity (Wildman–Crippen MR) is 104 cm³/mol. The standard InChI is InChI=1S/C19H17N3O3S/c1-12-7-9-14(10-8-12)13(2)20-21-17(23)11-22-15-5-3-4-6-16(15)26-19(25)18(22)24/h3-10H,11H2,1-2H3,(H,21,23)/b20-13+. The number of carbonyl (C=O) groups excluding carboxylic acids is 1. The molecule has 0 radical (unpaired) electrons. The number of hydrazone groups is 1. The van der Waals surface area contributed by atoms with E-state index in [1.54, 1.807) is 31.2 Å². The summed E-state index contributed by atoms with van der Waals surface area (Å²) in [4.78, 5) is 36.2. The molecule has 0 unspecified atom stereocenters. The van der Waals surface area contributed by atoms with Crippen LogP contribution in [0.2, 0.25) is 0 Å². The van der Waals surface area contributed by atoms with E-state index in [-0.39, 0.29) is 6.54 Å². The molecule has 132 valence electrons. The minimum atomic E-state index is -0.705. The van der Waals surface area contributed by atoms with Gasteiger partial charge in [0.2, 0.25) is 0 Å². The summed E-state index contributed by atoms with van der Waals surface area (Å²) in [6, 6.07) is 14.7. The molecule has 3 rings (SSSR count). The van der Waals surface area contributed by atoms with Crippen molar-refractivity contribution >= 4 is 33.2 Å². The summed E-state index contributed by atoms with van der Waals surface area (Å²) in [5.74, 6) is -0.473. The molecule has 7 heteroatoms. The minimum absolute atomic E-state index is 0.271. The number of carbonyl (C=O) groups is 1. The summed E-state index contributed by atoms with van der Waals surface area (Å²) in [6.07, 6.45) is 0. The highest BCUT2D eigenvalue weighted by atomic mass is 32.1. The zero-order chi connectivity index (χ0) is 18.7.